The molecule has 1 saturated heterocycles. The van der Waals surface area contributed by atoms with E-state index >= 15 is 0 Å². The zero-order valence-electron chi connectivity index (χ0n) is 11.3. The topological polar surface area (TPSA) is 40.5 Å². The summed E-state index contributed by atoms with van der Waals surface area (Å²) in [6.07, 6.45) is 9.72. The lowest BCUT2D eigenvalue weighted by Crippen LogP contribution is -2.47. The van der Waals surface area contributed by atoms with E-state index in [2.05, 4.69) is 11.8 Å². The first-order chi connectivity index (χ1) is 8.66. The fraction of sp³-hybridized carbons (Fsp3) is 0.933. The SMILES string of the molecule is CC1CCC(N2C(C(=O)O)CC3CCCCC32)C1. The maximum atomic E-state index is 11.6. The molecule has 1 heterocycles. The van der Waals surface area contributed by atoms with E-state index in [1.54, 1.807) is 0 Å². The van der Waals surface area contributed by atoms with Crippen LogP contribution in [0.2, 0.25) is 0 Å². The van der Waals surface area contributed by atoms with Gasteiger partial charge in [0.25, 0.3) is 0 Å². The second-order valence-electron chi connectivity index (χ2n) is 6.72. The molecule has 1 aliphatic heterocycles. The molecule has 3 nitrogen and oxygen atoms in total. The lowest BCUT2D eigenvalue weighted by atomic mass is 9.84. The summed E-state index contributed by atoms with van der Waals surface area (Å²) in [7, 11) is 0. The second kappa shape index (κ2) is 4.84. The molecular weight excluding hydrogens is 226 g/mol. The van der Waals surface area contributed by atoms with Crippen molar-refractivity contribution < 1.29 is 9.90 Å². The van der Waals surface area contributed by atoms with Crippen LogP contribution in [0.3, 0.4) is 0 Å². The van der Waals surface area contributed by atoms with Crippen molar-refractivity contribution in [3.8, 4) is 0 Å². The van der Waals surface area contributed by atoms with E-state index in [1.807, 2.05) is 0 Å². The summed E-state index contributed by atoms with van der Waals surface area (Å²) in [5, 5.41) is 9.52. The molecule has 2 aliphatic carbocycles. The van der Waals surface area contributed by atoms with Crippen LogP contribution in [0.5, 0.6) is 0 Å². The Morgan fingerprint density at radius 3 is 2.56 bits per heavy atom. The molecule has 0 amide bonds. The van der Waals surface area contributed by atoms with Gasteiger partial charge in [-0.1, -0.05) is 19.8 Å². The highest BCUT2D eigenvalue weighted by molar-refractivity contribution is 5.74. The molecule has 3 aliphatic rings. The van der Waals surface area contributed by atoms with E-state index < -0.39 is 5.97 Å². The summed E-state index contributed by atoms with van der Waals surface area (Å²) < 4.78 is 0. The first kappa shape index (κ1) is 12.5. The summed E-state index contributed by atoms with van der Waals surface area (Å²) in [5.74, 6) is 0.867. The Balaban J connectivity index is 1.80. The average Bonchev–Trinajstić information content (AvgIpc) is 2.92. The number of hydrogen-bond donors (Lipinski definition) is 1. The molecule has 2 saturated carbocycles. The molecule has 0 aromatic carbocycles. The third-order valence-electron chi connectivity index (χ3n) is 5.51. The number of carbonyl (C=O) groups is 1. The standard InChI is InChI=1S/C15H25NO2/c1-10-6-7-12(8-10)16-13-5-3-2-4-11(13)9-14(16)15(17)18/h10-14H,2-9H2,1H3,(H,17,18). The molecule has 0 spiro atoms. The minimum absolute atomic E-state index is 0.187. The lowest BCUT2D eigenvalue weighted by molar-refractivity contribution is -0.143. The van der Waals surface area contributed by atoms with Gasteiger partial charge < -0.3 is 5.11 Å². The largest absolute Gasteiger partial charge is 0.480 e. The van der Waals surface area contributed by atoms with E-state index in [0.717, 1.165) is 12.3 Å². The molecular formula is C15H25NO2. The minimum atomic E-state index is -0.580. The van der Waals surface area contributed by atoms with Crippen molar-refractivity contribution in [3.05, 3.63) is 0 Å². The van der Waals surface area contributed by atoms with Crippen LogP contribution in [0.4, 0.5) is 0 Å². The molecule has 0 radical (unpaired) electrons. The number of carboxylic acid groups (broad SMARTS) is 1. The van der Waals surface area contributed by atoms with Crippen LogP contribution >= 0.6 is 0 Å². The Kier molecular flexibility index (Phi) is 3.35. The van der Waals surface area contributed by atoms with Crippen molar-refractivity contribution in [2.45, 2.75) is 76.4 Å². The van der Waals surface area contributed by atoms with Crippen LogP contribution in [0.1, 0.15) is 58.3 Å². The van der Waals surface area contributed by atoms with Gasteiger partial charge in [0.2, 0.25) is 0 Å². The zero-order chi connectivity index (χ0) is 12.7. The van der Waals surface area contributed by atoms with Crippen molar-refractivity contribution in [1.29, 1.82) is 0 Å². The van der Waals surface area contributed by atoms with Crippen LogP contribution in [-0.4, -0.2) is 34.1 Å². The third kappa shape index (κ3) is 2.07. The normalized spacial score (nSPS) is 45.1. The van der Waals surface area contributed by atoms with Crippen LogP contribution in [-0.2, 0) is 4.79 Å². The third-order valence-corrected chi connectivity index (χ3v) is 5.51. The van der Waals surface area contributed by atoms with Gasteiger partial charge in [0.05, 0.1) is 0 Å². The Morgan fingerprint density at radius 2 is 1.89 bits per heavy atom. The van der Waals surface area contributed by atoms with E-state index in [1.165, 1.54) is 44.9 Å². The number of rotatable bonds is 2. The van der Waals surface area contributed by atoms with E-state index in [0.29, 0.717) is 18.0 Å². The average molecular weight is 251 g/mol. The molecule has 3 rings (SSSR count). The Labute approximate surface area is 110 Å². The van der Waals surface area contributed by atoms with Gasteiger partial charge in [-0.25, -0.2) is 0 Å². The summed E-state index contributed by atoms with van der Waals surface area (Å²) in [6, 6.07) is 0.942. The van der Waals surface area contributed by atoms with Crippen LogP contribution < -0.4 is 0 Å². The van der Waals surface area contributed by atoms with Crippen molar-refractivity contribution in [2.24, 2.45) is 11.8 Å². The predicted molar refractivity (Wildman–Crippen MR) is 70.4 cm³/mol. The molecule has 102 valence electrons. The highest BCUT2D eigenvalue weighted by atomic mass is 16.4. The molecule has 0 aromatic heterocycles. The summed E-state index contributed by atoms with van der Waals surface area (Å²) in [4.78, 5) is 14.0. The van der Waals surface area contributed by atoms with Gasteiger partial charge in [0.1, 0.15) is 6.04 Å². The highest BCUT2D eigenvalue weighted by Crippen LogP contribution is 2.44. The zero-order valence-corrected chi connectivity index (χ0v) is 11.3. The number of carboxylic acids is 1. The molecule has 1 N–H and O–H groups in total. The molecule has 3 heteroatoms. The molecule has 0 aromatic rings. The molecule has 3 fully saturated rings. The van der Waals surface area contributed by atoms with Crippen LogP contribution in [0.15, 0.2) is 0 Å². The summed E-state index contributed by atoms with van der Waals surface area (Å²) >= 11 is 0. The van der Waals surface area contributed by atoms with Crippen LogP contribution in [0.25, 0.3) is 0 Å². The van der Waals surface area contributed by atoms with Gasteiger partial charge in [0, 0.05) is 12.1 Å². The molecule has 5 unspecified atom stereocenters. The van der Waals surface area contributed by atoms with Gasteiger partial charge in [-0.2, -0.15) is 0 Å². The van der Waals surface area contributed by atoms with Crippen LogP contribution in [0, 0.1) is 11.8 Å². The molecule has 0 bridgehead atoms. The van der Waals surface area contributed by atoms with Gasteiger partial charge >= 0.3 is 5.97 Å². The molecule has 18 heavy (non-hydrogen) atoms. The summed E-state index contributed by atoms with van der Waals surface area (Å²) in [5.41, 5.74) is 0. The number of aliphatic carboxylic acids is 1. The Bertz CT molecular complexity index is 330. The van der Waals surface area contributed by atoms with Gasteiger partial charge in [-0.05, 0) is 50.4 Å². The van der Waals surface area contributed by atoms with E-state index in [-0.39, 0.29) is 6.04 Å². The van der Waals surface area contributed by atoms with Gasteiger partial charge in [-0.15, -0.1) is 0 Å². The fourth-order valence-electron chi connectivity index (χ4n) is 4.70. The van der Waals surface area contributed by atoms with Gasteiger partial charge in [-0.3, -0.25) is 9.69 Å². The van der Waals surface area contributed by atoms with Crippen molar-refractivity contribution in [1.82, 2.24) is 4.90 Å². The number of fused-ring (bicyclic) bond motifs is 1. The van der Waals surface area contributed by atoms with E-state index in [4.69, 9.17) is 0 Å². The Hall–Kier alpha value is -0.570. The second-order valence-corrected chi connectivity index (χ2v) is 6.72. The Morgan fingerprint density at radius 1 is 1.11 bits per heavy atom. The van der Waals surface area contributed by atoms with Gasteiger partial charge in [0.15, 0.2) is 0 Å². The maximum Gasteiger partial charge on any atom is 0.320 e. The predicted octanol–water partition coefficient (Wildman–Crippen LogP) is 2.89. The van der Waals surface area contributed by atoms with E-state index in [9.17, 15) is 9.90 Å². The molecule has 5 atom stereocenters. The number of nitrogens with zero attached hydrogens (tertiary/aromatic N) is 1. The first-order valence-electron chi connectivity index (χ1n) is 7.67. The first-order valence-corrected chi connectivity index (χ1v) is 7.67. The highest BCUT2D eigenvalue weighted by Gasteiger charge is 2.48. The monoisotopic (exact) mass is 251 g/mol. The summed E-state index contributed by atoms with van der Waals surface area (Å²) in [6.45, 7) is 2.31. The smallest absolute Gasteiger partial charge is 0.320 e. The number of likely N-dealkylation sites (tertiary alicyclic amines) is 1. The quantitative estimate of drug-likeness (QED) is 0.820. The van der Waals surface area contributed by atoms with Crippen molar-refractivity contribution >= 4 is 5.97 Å². The lowest BCUT2D eigenvalue weighted by Gasteiger charge is -2.37. The minimum Gasteiger partial charge on any atom is -0.480 e. The van der Waals surface area contributed by atoms with Crippen molar-refractivity contribution in [3.63, 3.8) is 0 Å². The van der Waals surface area contributed by atoms with Crippen molar-refractivity contribution in [2.75, 3.05) is 0 Å². The maximum absolute atomic E-state index is 11.6. The fourth-order valence-corrected chi connectivity index (χ4v) is 4.70. The number of hydrogen-bond acceptors (Lipinski definition) is 2.